The van der Waals surface area contributed by atoms with Crippen LogP contribution in [-0.2, 0) is 29.0 Å². The lowest BCUT2D eigenvalue weighted by molar-refractivity contribution is -0.127. The smallest absolute Gasteiger partial charge is 0.393 e. The van der Waals surface area contributed by atoms with E-state index < -0.39 is 24.0 Å². The molecule has 1 amide bonds. The highest BCUT2D eigenvalue weighted by molar-refractivity contribution is 7.89. The van der Waals surface area contributed by atoms with Gasteiger partial charge >= 0.3 is 6.18 Å². The molecule has 0 radical (unpaired) electrons. The normalized spacial score (nSPS) is 12.6. The molecule has 1 unspecified atom stereocenters. The summed E-state index contributed by atoms with van der Waals surface area (Å²) in [6, 6.07) is 11.3. The minimum absolute atomic E-state index is 0.0302. The highest BCUT2D eigenvalue weighted by atomic mass is 35.5. The Morgan fingerprint density at radius 1 is 1.27 bits per heavy atom. The van der Waals surface area contributed by atoms with Gasteiger partial charge in [-0.2, -0.15) is 18.3 Å². The molecule has 2 aromatic carbocycles. The van der Waals surface area contributed by atoms with E-state index in [0.717, 1.165) is 10.9 Å². The molecular formula is C19H16ClF3N4O2S. The molecule has 1 aromatic heterocycles. The quantitative estimate of drug-likeness (QED) is 0.551. The van der Waals surface area contributed by atoms with Gasteiger partial charge in [-0.1, -0.05) is 29.8 Å². The summed E-state index contributed by atoms with van der Waals surface area (Å²) in [5.41, 5.74) is 1.17. The van der Waals surface area contributed by atoms with Crippen molar-refractivity contribution in [3.63, 3.8) is 0 Å². The van der Waals surface area contributed by atoms with Crippen molar-refractivity contribution in [3.8, 4) is 5.69 Å². The van der Waals surface area contributed by atoms with E-state index in [0.29, 0.717) is 16.3 Å². The van der Waals surface area contributed by atoms with E-state index in [1.165, 1.54) is 24.4 Å². The van der Waals surface area contributed by atoms with Crippen molar-refractivity contribution in [1.29, 1.82) is 0 Å². The van der Waals surface area contributed by atoms with Gasteiger partial charge in [0.2, 0.25) is 10.8 Å². The van der Waals surface area contributed by atoms with Gasteiger partial charge in [0.05, 0.1) is 30.4 Å². The summed E-state index contributed by atoms with van der Waals surface area (Å²) in [7, 11) is 0. The van der Waals surface area contributed by atoms with Crippen LogP contribution in [0.15, 0.2) is 59.8 Å². The molecule has 11 heteroatoms. The van der Waals surface area contributed by atoms with E-state index in [2.05, 4.69) is 10.4 Å². The van der Waals surface area contributed by atoms with Crippen molar-refractivity contribution < 1.29 is 22.5 Å². The number of amides is 1. The largest absolute Gasteiger partial charge is 0.593 e. The topological polar surface area (TPSA) is 96.0 Å². The second-order valence-corrected chi connectivity index (χ2v) is 7.82. The number of benzene rings is 2. The number of carbonyl (C=O) groups is 1. The Morgan fingerprint density at radius 3 is 2.67 bits per heavy atom. The van der Waals surface area contributed by atoms with Crippen molar-refractivity contribution in [2.75, 3.05) is 5.32 Å². The first-order chi connectivity index (χ1) is 14.1. The second-order valence-electron chi connectivity index (χ2n) is 6.38. The molecule has 0 spiro atoms. The summed E-state index contributed by atoms with van der Waals surface area (Å²) in [6.45, 7) is 0. The number of anilines is 1. The summed E-state index contributed by atoms with van der Waals surface area (Å²) in [5, 5.41) is 12.5. The molecular weight excluding hydrogens is 441 g/mol. The van der Waals surface area contributed by atoms with Gasteiger partial charge in [-0.25, -0.2) is 4.68 Å². The molecule has 0 saturated heterocycles. The number of alkyl halides is 3. The van der Waals surface area contributed by atoms with Crippen LogP contribution in [0.4, 0.5) is 18.9 Å². The first kappa shape index (κ1) is 22.2. The van der Waals surface area contributed by atoms with Crippen LogP contribution in [0.25, 0.3) is 5.69 Å². The molecule has 30 heavy (non-hydrogen) atoms. The first-order valence-electron chi connectivity index (χ1n) is 8.56. The zero-order valence-electron chi connectivity index (χ0n) is 15.3. The van der Waals surface area contributed by atoms with Crippen LogP contribution in [0.2, 0.25) is 5.02 Å². The number of nitrogens with one attached hydrogen (secondary N) is 1. The van der Waals surface area contributed by atoms with E-state index in [1.807, 2.05) is 0 Å². The van der Waals surface area contributed by atoms with Crippen LogP contribution < -0.4 is 10.5 Å². The van der Waals surface area contributed by atoms with Crippen LogP contribution in [0.1, 0.15) is 11.1 Å². The maximum atomic E-state index is 12.6. The fraction of sp³-hybridized carbons (Fsp3) is 0.158. The number of halogens is 4. The Labute approximate surface area is 178 Å². The Kier molecular flexibility index (Phi) is 6.71. The zero-order valence-corrected chi connectivity index (χ0v) is 16.9. The lowest BCUT2D eigenvalue weighted by Crippen LogP contribution is -2.18. The van der Waals surface area contributed by atoms with Crippen molar-refractivity contribution in [3.05, 3.63) is 71.0 Å². The molecule has 1 atom stereocenters. The summed E-state index contributed by atoms with van der Waals surface area (Å²) in [6.07, 6.45) is -3.21. The Bertz CT molecular complexity index is 1060. The summed E-state index contributed by atoms with van der Waals surface area (Å²) in [4.78, 5) is 12.4. The van der Waals surface area contributed by atoms with Gasteiger partial charge in [-0.3, -0.25) is 4.79 Å². The van der Waals surface area contributed by atoms with E-state index >= 15 is 0 Å². The van der Waals surface area contributed by atoms with Crippen LogP contribution >= 0.6 is 11.6 Å². The molecule has 0 aliphatic heterocycles. The lowest BCUT2D eigenvalue weighted by atomic mass is 10.1. The fourth-order valence-corrected chi connectivity index (χ4v) is 3.59. The first-order valence-corrected chi connectivity index (χ1v) is 10.2. The molecule has 3 rings (SSSR count). The number of carbonyl (C=O) groups excluding carboxylic acids is 1. The molecule has 0 fully saturated rings. The third-order valence-electron chi connectivity index (χ3n) is 4.06. The van der Waals surface area contributed by atoms with Crippen LogP contribution in [0, 0.1) is 0 Å². The predicted octanol–water partition coefficient (Wildman–Crippen LogP) is 3.79. The fourth-order valence-electron chi connectivity index (χ4n) is 2.78. The number of hydrogen-bond acceptors (Lipinski definition) is 4. The average Bonchev–Trinajstić information content (AvgIpc) is 3.10. The third kappa shape index (κ3) is 5.76. The SMILES string of the molecule is N[S+]([O-])c1cc(NC(=O)Cc2ccccc2Cl)ccc1-n1cc(CC(F)(F)F)cn1. The number of nitrogens with two attached hydrogens (primary N) is 1. The van der Waals surface area contributed by atoms with Gasteiger partial charge in [-0.15, -0.1) is 5.14 Å². The van der Waals surface area contributed by atoms with Gasteiger partial charge < -0.3 is 9.87 Å². The lowest BCUT2D eigenvalue weighted by Gasteiger charge is -2.12. The van der Waals surface area contributed by atoms with Gasteiger partial charge in [-0.05, 0) is 29.3 Å². The third-order valence-corrected chi connectivity index (χ3v) is 5.19. The number of hydrogen-bond donors (Lipinski definition) is 2. The molecule has 0 aliphatic carbocycles. The molecule has 3 aromatic rings. The number of aromatic nitrogens is 2. The molecule has 0 aliphatic rings. The molecule has 1 heterocycles. The molecule has 0 saturated carbocycles. The van der Waals surface area contributed by atoms with Crippen molar-refractivity contribution >= 4 is 34.6 Å². The van der Waals surface area contributed by atoms with Gasteiger partial charge in [0, 0.05) is 23.0 Å². The molecule has 0 bridgehead atoms. The minimum atomic E-state index is -4.37. The Balaban J connectivity index is 1.80. The Hall–Kier alpha value is -2.53. The molecule has 6 nitrogen and oxygen atoms in total. The number of rotatable bonds is 6. The average molecular weight is 457 g/mol. The zero-order chi connectivity index (χ0) is 21.9. The maximum absolute atomic E-state index is 12.6. The monoisotopic (exact) mass is 456 g/mol. The highest BCUT2D eigenvalue weighted by Gasteiger charge is 2.28. The standard InChI is InChI=1S/C19H16ClF3N4O2S/c20-15-4-2-1-3-13(15)7-18(28)26-14-5-6-16(17(8-14)30(24)29)27-11-12(10-25-27)9-19(21,22)23/h1-6,8,10-11H,7,9,24H2,(H,26,28). The predicted molar refractivity (Wildman–Crippen MR) is 108 cm³/mol. The van der Waals surface area contributed by atoms with Crippen LogP contribution in [0.5, 0.6) is 0 Å². The minimum Gasteiger partial charge on any atom is -0.593 e. The molecule has 3 N–H and O–H groups in total. The van der Waals surface area contributed by atoms with Crippen LogP contribution in [0.3, 0.4) is 0 Å². The Morgan fingerprint density at radius 2 is 2.00 bits per heavy atom. The summed E-state index contributed by atoms with van der Waals surface area (Å²) in [5.74, 6) is -0.351. The van der Waals surface area contributed by atoms with E-state index in [9.17, 15) is 22.5 Å². The van der Waals surface area contributed by atoms with Crippen molar-refractivity contribution in [1.82, 2.24) is 9.78 Å². The van der Waals surface area contributed by atoms with Crippen molar-refractivity contribution in [2.45, 2.75) is 23.9 Å². The molecule has 158 valence electrons. The van der Waals surface area contributed by atoms with Crippen molar-refractivity contribution in [2.24, 2.45) is 5.14 Å². The van der Waals surface area contributed by atoms with Gasteiger partial charge in [0.15, 0.2) is 0 Å². The van der Waals surface area contributed by atoms with Crippen LogP contribution in [-0.4, -0.2) is 26.4 Å². The van der Waals surface area contributed by atoms with Gasteiger partial charge in [0.1, 0.15) is 5.69 Å². The highest BCUT2D eigenvalue weighted by Crippen LogP contribution is 2.26. The second kappa shape index (κ2) is 9.09. The van der Waals surface area contributed by atoms with Gasteiger partial charge in [0.25, 0.3) is 0 Å². The van der Waals surface area contributed by atoms with E-state index in [-0.39, 0.29) is 28.5 Å². The maximum Gasteiger partial charge on any atom is 0.393 e. The number of nitrogens with zero attached hydrogens (tertiary/aromatic N) is 2. The van der Waals surface area contributed by atoms with E-state index in [4.69, 9.17) is 16.7 Å². The summed E-state index contributed by atoms with van der Waals surface area (Å²) >= 11 is 4.08. The van der Waals surface area contributed by atoms with E-state index in [1.54, 1.807) is 24.3 Å². The summed E-state index contributed by atoms with van der Waals surface area (Å²) < 4.78 is 50.8.